The lowest BCUT2D eigenvalue weighted by atomic mass is 10.1. The number of piperidine rings is 1. The lowest BCUT2D eigenvalue weighted by Crippen LogP contribution is -2.35. The van der Waals surface area contributed by atoms with Crippen molar-refractivity contribution in [1.29, 1.82) is 0 Å². The molecule has 0 radical (unpaired) electrons. The van der Waals surface area contributed by atoms with Crippen LogP contribution in [0.1, 0.15) is 19.3 Å². The third-order valence-corrected chi connectivity index (χ3v) is 7.02. The number of fused-ring (bicyclic) bond motifs is 1. The van der Waals surface area contributed by atoms with E-state index in [0.29, 0.717) is 43.7 Å². The van der Waals surface area contributed by atoms with Crippen molar-refractivity contribution in [2.24, 2.45) is 0 Å². The second-order valence-corrected chi connectivity index (χ2v) is 8.69. The first kappa shape index (κ1) is 17.0. The molecule has 3 heterocycles. The molecule has 9 heteroatoms. The Hall–Kier alpha value is -2.42. The van der Waals surface area contributed by atoms with Gasteiger partial charge < -0.3 is 15.6 Å². The molecule has 4 rings (SSSR count). The molecule has 1 saturated heterocycles. The van der Waals surface area contributed by atoms with Crippen LogP contribution in [-0.4, -0.2) is 47.9 Å². The number of nitrogens with two attached hydrogens (primary N) is 1. The summed E-state index contributed by atoms with van der Waals surface area (Å²) >= 11 is 0. The summed E-state index contributed by atoms with van der Waals surface area (Å²) < 4.78 is 39.6. The average Bonchev–Trinajstić information content (AvgIpc) is 2.99. The molecule has 1 unspecified atom stereocenters. The number of nitrogens with zero attached hydrogens (tertiary/aromatic N) is 3. The minimum Gasteiger partial charge on any atom is -0.384 e. The molecule has 0 spiro atoms. The number of sulfone groups is 1. The Morgan fingerprint density at radius 1 is 1.23 bits per heavy atom. The van der Waals surface area contributed by atoms with E-state index in [1.165, 1.54) is 6.33 Å². The monoisotopic (exact) mass is 377 g/mol. The Morgan fingerprint density at radius 2 is 2.00 bits per heavy atom. The van der Waals surface area contributed by atoms with Gasteiger partial charge in [0.05, 0.1) is 5.25 Å². The van der Waals surface area contributed by atoms with Gasteiger partial charge in [-0.15, -0.1) is 0 Å². The van der Waals surface area contributed by atoms with Crippen molar-refractivity contribution < 1.29 is 12.8 Å². The maximum Gasteiger partial charge on any atom is 0.190 e. The van der Waals surface area contributed by atoms with E-state index in [1.54, 1.807) is 12.2 Å². The summed E-state index contributed by atoms with van der Waals surface area (Å²) in [7, 11) is -3.70. The molecule has 138 valence electrons. The highest BCUT2D eigenvalue weighted by molar-refractivity contribution is 7.92. The maximum atomic E-state index is 13.4. The Kier molecular flexibility index (Phi) is 4.18. The molecule has 0 saturated carbocycles. The van der Waals surface area contributed by atoms with Crippen molar-refractivity contribution >= 4 is 32.5 Å². The number of anilines is 2. The van der Waals surface area contributed by atoms with E-state index in [1.807, 2.05) is 17.1 Å². The van der Waals surface area contributed by atoms with Gasteiger partial charge in [-0.2, -0.15) is 0 Å². The Bertz CT molecular complexity index is 990. The average molecular weight is 377 g/mol. The van der Waals surface area contributed by atoms with Crippen LogP contribution in [0.25, 0.3) is 11.0 Å². The topological polar surface area (TPSA) is 105 Å². The predicted octanol–water partition coefficient (Wildman–Crippen LogP) is 2.14. The van der Waals surface area contributed by atoms with E-state index >= 15 is 0 Å². The zero-order valence-electron chi connectivity index (χ0n) is 14.1. The van der Waals surface area contributed by atoms with Crippen LogP contribution in [0.4, 0.5) is 16.0 Å². The summed E-state index contributed by atoms with van der Waals surface area (Å²) in [6.45, 7) is 1.04. The zero-order valence-corrected chi connectivity index (χ0v) is 14.9. The van der Waals surface area contributed by atoms with Gasteiger partial charge in [-0.25, -0.2) is 22.8 Å². The number of allylic oxidation sites excluding steroid dienone is 3. The highest BCUT2D eigenvalue weighted by Gasteiger charge is 2.33. The standard InChI is InChI=1S/C17H20FN5O2S/c18-11-6-8-23(9-7-11)17-14-13(20-10-21-17)15(16(19)22-14)26(24,25)12-4-2-1-3-5-12/h1-4,10-12,22H,5-9,19H2. The van der Waals surface area contributed by atoms with Crippen LogP contribution >= 0.6 is 0 Å². The number of hydrogen-bond donors (Lipinski definition) is 2. The number of hydrogen-bond acceptors (Lipinski definition) is 6. The number of alkyl halides is 1. The quantitative estimate of drug-likeness (QED) is 0.849. The first-order chi connectivity index (χ1) is 12.5. The van der Waals surface area contributed by atoms with Crippen LogP contribution in [0.5, 0.6) is 0 Å². The van der Waals surface area contributed by atoms with Crippen LogP contribution in [0.15, 0.2) is 35.5 Å². The fourth-order valence-corrected chi connectivity index (χ4v) is 5.26. The lowest BCUT2D eigenvalue weighted by molar-refractivity contribution is 0.277. The molecule has 2 aromatic heterocycles. The van der Waals surface area contributed by atoms with Crippen molar-refractivity contribution in [2.45, 2.75) is 35.6 Å². The van der Waals surface area contributed by atoms with E-state index < -0.39 is 21.3 Å². The largest absolute Gasteiger partial charge is 0.384 e. The third-order valence-electron chi connectivity index (χ3n) is 4.90. The molecule has 0 aromatic carbocycles. The number of nitrogen functional groups attached to an aromatic ring is 1. The van der Waals surface area contributed by atoms with Crippen LogP contribution in [0.2, 0.25) is 0 Å². The minimum absolute atomic E-state index is 0.0153. The van der Waals surface area contributed by atoms with Gasteiger partial charge in [-0.3, -0.25) is 0 Å². The van der Waals surface area contributed by atoms with E-state index in [0.717, 1.165) is 0 Å². The van der Waals surface area contributed by atoms with Gasteiger partial charge in [-0.05, 0) is 19.3 Å². The van der Waals surface area contributed by atoms with Crippen molar-refractivity contribution in [3.63, 3.8) is 0 Å². The number of aromatic nitrogens is 3. The number of halogens is 1. The van der Waals surface area contributed by atoms with Crippen LogP contribution in [0.3, 0.4) is 0 Å². The molecule has 0 amide bonds. The number of H-pyrrole nitrogens is 1. The second kappa shape index (κ2) is 6.39. The summed E-state index contributed by atoms with van der Waals surface area (Å²) in [5.74, 6) is 0.624. The molecule has 1 atom stereocenters. The van der Waals surface area contributed by atoms with Gasteiger partial charge in [0.15, 0.2) is 15.7 Å². The Labute approximate surface area is 150 Å². The summed E-state index contributed by atoms with van der Waals surface area (Å²) in [6.07, 6.45) is 8.78. The first-order valence-corrected chi connectivity index (χ1v) is 10.1. The van der Waals surface area contributed by atoms with Gasteiger partial charge in [0.2, 0.25) is 0 Å². The van der Waals surface area contributed by atoms with E-state index in [-0.39, 0.29) is 16.2 Å². The summed E-state index contributed by atoms with van der Waals surface area (Å²) in [4.78, 5) is 13.4. The minimum atomic E-state index is -3.70. The van der Waals surface area contributed by atoms with E-state index in [4.69, 9.17) is 5.73 Å². The normalized spacial score (nSPS) is 21.6. The highest BCUT2D eigenvalue weighted by Crippen LogP contribution is 2.35. The molecule has 1 aliphatic heterocycles. The molecular formula is C17H20FN5O2S. The molecule has 2 aromatic rings. The van der Waals surface area contributed by atoms with Crippen LogP contribution < -0.4 is 10.6 Å². The summed E-state index contributed by atoms with van der Waals surface area (Å²) in [5, 5.41) is -0.672. The second-order valence-electron chi connectivity index (χ2n) is 6.58. The van der Waals surface area contributed by atoms with Gasteiger partial charge in [0.1, 0.15) is 34.2 Å². The number of rotatable bonds is 3. The highest BCUT2D eigenvalue weighted by atomic mass is 32.2. The number of nitrogens with one attached hydrogen (secondary N) is 1. The fraction of sp³-hybridized carbons (Fsp3) is 0.412. The van der Waals surface area contributed by atoms with E-state index in [9.17, 15) is 12.8 Å². The van der Waals surface area contributed by atoms with Crippen LogP contribution in [0, 0.1) is 0 Å². The van der Waals surface area contributed by atoms with Gasteiger partial charge in [0, 0.05) is 13.1 Å². The first-order valence-electron chi connectivity index (χ1n) is 8.57. The Morgan fingerprint density at radius 3 is 2.69 bits per heavy atom. The molecule has 7 nitrogen and oxygen atoms in total. The van der Waals surface area contributed by atoms with Crippen molar-refractivity contribution in [3.8, 4) is 0 Å². The fourth-order valence-electron chi connectivity index (χ4n) is 3.51. The molecule has 2 aliphatic rings. The smallest absolute Gasteiger partial charge is 0.190 e. The third kappa shape index (κ3) is 2.76. The van der Waals surface area contributed by atoms with Gasteiger partial charge in [-0.1, -0.05) is 24.3 Å². The molecule has 1 aliphatic carbocycles. The summed E-state index contributed by atoms with van der Waals surface area (Å²) in [5.41, 5.74) is 6.82. The van der Waals surface area contributed by atoms with Crippen molar-refractivity contribution in [3.05, 3.63) is 30.6 Å². The summed E-state index contributed by atoms with van der Waals surface area (Å²) in [6, 6.07) is 0. The lowest BCUT2D eigenvalue weighted by Gasteiger charge is -2.29. The molecule has 3 N–H and O–H groups in total. The van der Waals surface area contributed by atoms with Crippen molar-refractivity contribution in [1.82, 2.24) is 15.0 Å². The molecule has 0 bridgehead atoms. The zero-order chi connectivity index (χ0) is 18.3. The SMILES string of the molecule is Nc1[nH]c2c(N3CCC(F)CC3)ncnc2c1S(=O)(=O)C1C=CC=CC1. The maximum absolute atomic E-state index is 13.4. The molecule has 26 heavy (non-hydrogen) atoms. The van der Waals surface area contributed by atoms with Gasteiger partial charge >= 0.3 is 0 Å². The molecular weight excluding hydrogens is 357 g/mol. The molecule has 1 fully saturated rings. The predicted molar refractivity (Wildman–Crippen MR) is 98.5 cm³/mol. The van der Waals surface area contributed by atoms with E-state index in [2.05, 4.69) is 15.0 Å². The van der Waals surface area contributed by atoms with Gasteiger partial charge in [0.25, 0.3) is 0 Å². The number of aromatic amines is 1. The van der Waals surface area contributed by atoms with Crippen LogP contribution in [-0.2, 0) is 9.84 Å². The van der Waals surface area contributed by atoms with Crippen molar-refractivity contribution in [2.75, 3.05) is 23.7 Å². The Balaban J connectivity index is 1.80.